The van der Waals surface area contributed by atoms with Gasteiger partial charge in [0, 0.05) is 0 Å². The highest BCUT2D eigenvalue weighted by atomic mass is 16.5. The third-order valence-electron chi connectivity index (χ3n) is 2.95. The van der Waals surface area contributed by atoms with Crippen molar-refractivity contribution < 1.29 is 14.6 Å². The number of ether oxygens (including phenoxy) is 1. The van der Waals surface area contributed by atoms with E-state index in [2.05, 4.69) is 10.5 Å². The molecular formula is C17H18N2O3. The molecule has 114 valence electrons. The Labute approximate surface area is 129 Å². The Bertz CT molecular complexity index is 666. The highest BCUT2D eigenvalue weighted by Crippen LogP contribution is 2.14. The number of rotatable bonds is 5. The van der Waals surface area contributed by atoms with Crippen LogP contribution in [0.15, 0.2) is 53.6 Å². The van der Waals surface area contributed by atoms with Gasteiger partial charge in [0.15, 0.2) is 6.10 Å². The summed E-state index contributed by atoms with van der Waals surface area (Å²) in [5.74, 6) is 0.489. The van der Waals surface area contributed by atoms with Crippen LogP contribution in [0.25, 0.3) is 0 Å². The zero-order chi connectivity index (χ0) is 15.9. The number of amides is 1. The van der Waals surface area contributed by atoms with E-state index in [9.17, 15) is 9.90 Å². The quantitative estimate of drug-likeness (QED) is 0.658. The molecule has 0 aliphatic carbocycles. The van der Waals surface area contributed by atoms with Gasteiger partial charge in [-0.05, 0) is 61.4 Å². The number of hydrogen-bond acceptors (Lipinski definition) is 4. The average molecular weight is 298 g/mol. The van der Waals surface area contributed by atoms with E-state index in [1.807, 2.05) is 25.1 Å². The minimum Gasteiger partial charge on any atom is -0.508 e. The SMILES string of the molecule is Cc1cccc(O[C@H](C)C(=O)N/N=C/c2ccc(O)cc2)c1. The molecule has 1 atom stereocenters. The van der Waals surface area contributed by atoms with Gasteiger partial charge in [0.05, 0.1) is 6.21 Å². The van der Waals surface area contributed by atoms with E-state index in [1.165, 1.54) is 6.21 Å². The van der Waals surface area contributed by atoms with Gasteiger partial charge in [-0.15, -0.1) is 0 Å². The molecule has 0 aliphatic rings. The van der Waals surface area contributed by atoms with Gasteiger partial charge in [0.2, 0.25) is 0 Å². The number of nitrogens with zero attached hydrogens (tertiary/aromatic N) is 1. The molecule has 0 spiro atoms. The molecule has 0 heterocycles. The molecule has 0 unspecified atom stereocenters. The van der Waals surface area contributed by atoms with Crippen molar-refractivity contribution in [2.75, 3.05) is 0 Å². The van der Waals surface area contributed by atoms with Crippen molar-refractivity contribution >= 4 is 12.1 Å². The van der Waals surface area contributed by atoms with E-state index in [-0.39, 0.29) is 11.7 Å². The summed E-state index contributed by atoms with van der Waals surface area (Å²) >= 11 is 0. The molecule has 22 heavy (non-hydrogen) atoms. The highest BCUT2D eigenvalue weighted by molar-refractivity contribution is 5.84. The van der Waals surface area contributed by atoms with Gasteiger partial charge >= 0.3 is 0 Å². The fourth-order valence-corrected chi connectivity index (χ4v) is 1.77. The minimum atomic E-state index is -0.654. The summed E-state index contributed by atoms with van der Waals surface area (Å²) in [5.41, 5.74) is 4.26. The average Bonchev–Trinajstić information content (AvgIpc) is 2.49. The van der Waals surface area contributed by atoms with Crippen LogP contribution in [0.1, 0.15) is 18.1 Å². The van der Waals surface area contributed by atoms with Crippen LogP contribution >= 0.6 is 0 Å². The Morgan fingerprint density at radius 1 is 1.27 bits per heavy atom. The number of aromatic hydroxyl groups is 1. The zero-order valence-corrected chi connectivity index (χ0v) is 12.5. The maximum atomic E-state index is 11.9. The van der Waals surface area contributed by atoms with E-state index >= 15 is 0 Å². The van der Waals surface area contributed by atoms with Crippen LogP contribution in [0.5, 0.6) is 11.5 Å². The van der Waals surface area contributed by atoms with Crippen molar-refractivity contribution in [1.29, 1.82) is 0 Å². The van der Waals surface area contributed by atoms with Crippen LogP contribution in [-0.4, -0.2) is 23.3 Å². The molecule has 2 aromatic rings. The first-order valence-corrected chi connectivity index (χ1v) is 6.90. The molecule has 2 rings (SSSR count). The molecule has 1 amide bonds. The predicted molar refractivity (Wildman–Crippen MR) is 85.1 cm³/mol. The van der Waals surface area contributed by atoms with Gasteiger partial charge in [0.25, 0.3) is 5.91 Å². The normalized spacial score (nSPS) is 12.1. The molecule has 0 aliphatic heterocycles. The van der Waals surface area contributed by atoms with Gasteiger partial charge in [-0.1, -0.05) is 12.1 Å². The Balaban J connectivity index is 1.87. The number of phenolic OH excluding ortho intramolecular Hbond substituents is 1. The van der Waals surface area contributed by atoms with E-state index in [0.717, 1.165) is 11.1 Å². The van der Waals surface area contributed by atoms with E-state index in [0.29, 0.717) is 5.75 Å². The Hall–Kier alpha value is -2.82. The number of phenols is 1. The maximum Gasteiger partial charge on any atom is 0.280 e. The van der Waals surface area contributed by atoms with E-state index in [1.54, 1.807) is 37.3 Å². The van der Waals surface area contributed by atoms with Gasteiger partial charge < -0.3 is 9.84 Å². The lowest BCUT2D eigenvalue weighted by atomic mass is 10.2. The summed E-state index contributed by atoms with van der Waals surface area (Å²) in [4.78, 5) is 11.9. The maximum absolute atomic E-state index is 11.9. The minimum absolute atomic E-state index is 0.182. The van der Waals surface area contributed by atoms with Gasteiger partial charge in [-0.25, -0.2) is 5.43 Å². The zero-order valence-electron chi connectivity index (χ0n) is 12.5. The molecule has 0 saturated heterocycles. The first-order chi connectivity index (χ1) is 10.5. The molecule has 5 nitrogen and oxygen atoms in total. The lowest BCUT2D eigenvalue weighted by molar-refractivity contribution is -0.127. The van der Waals surface area contributed by atoms with Crippen LogP contribution in [0.2, 0.25) is 0 Å². The fourth-order valence-electron chi connectivity index (χ4n) is 1.77. The van der Waals surface area contributed by atoms with Crippen LogP contribution in [0.3, 0.4) is 0 Å². The second kappa shape index (κ2) is 7.26. The van der Waals surface area contributed by atoms with Crippen molar-refractivity contribution in [2.24, 2.45) is 5.10 Å². The lowest BCUT2D eigenvalue weighted by Gasteiger charge is -2.13. The van der Waals surface area contributed by atoms with Crippen molar-refractivity contribution in [1.82, 2.24) is 5.43 Å². The first kappa shape index (κ1) is 15.6. The summed E-state index contributed by atoms with van der Waals surface area (Å²) in [7, 11) is 0. The number of hydrazone groups is 1. The van der Waals surface area contributed by atoms with Crippen molar-refractivity contribution in [2.45, 2.75) is 20.0 Å². The highest BCUT2D eigenvalue weighted by Gasteiger charge is 2.13. The Morgan fingerprint density at radius 2 is 2.00 bits per heavy atom. The summed E-state index contributed by atoms with van der Waals surface area (Å²) in [6.45, 7) is 3.62. The predicted octanol–water partition coefficient (Wildman–Crippen LogP) is 2.62. The van der Waals surface area contributed by atoms with Crippen molar-refractivity contribution in [3.05, 3.63) is 59.7 Å². The number of carbonyl (C=O) groups is 1. The molecule has 0 saturated carbocycles. The Morgan fingerprint density at radius 3 is 2.68 bits per heavy atom. The molecule has 5 heteroatoms. The monoisotopic (exact) mass is 298 g/mol. The van der Waals surface area contributed by atoms with Crippen LogP contribution < -0.4 is 10.2 Å². The molecule has 0 bridgehead atoms. The van der Waals surface area contributed by atoms with E-state index < -0.39 is 6.10 Å². The molecule has 2 aromatic carbocycles. The van der Waals surface area contributed by atoms with E-state index in [4.69, 9.17) is 4.74 Å². The number of aryl methyl sites for hydroxylation is 1. The summed E-state index contributed by atoms with van der Waals surface area (Å²) < 4.78 is 5.56. The molecule has 0 radical (unpaired) electrons. The molecule has 0 aromatic heterocycles. The smallest absolute Gasteiger partial charge is 0.280 e. The van der Waals surface area contributed by atoms with Crippen LogP contribution in [0, 0.1) is 6.92 Å². The first-order valence-electron chi connectivity index (χ1n) is 6.90. The number of hydrogen-bond donors (Lipinski definition) is 2. The van der Waals surface area contributed by atoms with Crippen LogP contribution in [0.4, 0.5) is 0 Å². The second-order valence-electron chi connectivity index (χ2n) is 4.90. The van der Waals surface area contributed by atoms with Gasteiger partial charge in [0.1, 0.15) is 11.5 Å². The summed E-state index contributed by atoms with van der Waals surface area (Å²) in [6, 6.07) is 14.0. The topological polar surface area (TPSA) is 70.9 Å². The molecule has 0 fully saturated rings. The van der Waals surface area contributed by atoms with Crippen LogP contribution in [-0.2, 0) is 4.79 Å². The molecular weight excluding hydrogens is 280 g/mol. The standard InChI is InChI=1S/C17H18N2O3/c1-12-4-3-5-16(10-12)22-13(2)17(21)19-18-11-14-6-8-15(20)9-7-14/h3-11,13,20H,1-2H3,(H,19,21)/b18-11+/t13-/m1/s1. The number of carbonyl (C=O) groups excluding carboxylic acids is 1. The lowest BCUT2D eigenvalue weighted by Crippen LogP contribution is -2.33. The second-order valence-corrected chi connectivity index (χ2v) is 4.90. The number of benzene rings is 2. The summed E-state index contributed by atoms with van der Waals surface area (Å²) in [6.07, 6.45) is 0.843. The van der Waals surface area contributed by atoms with Gasteiger partial charge in [-0.3, -0.25) is 4.79 Å². The van der Waals surface area contributed by atoms with Crippen molar-refractivity contribution in [3.63, 3.8) is 0 Å². The van der Waals surface area contributed by atoms with Gasteiger partial charge in [-0.2, -0.15) is 5.10 Å². The van der Waals surface area contributed by atoms with Crippen molar-refractivity contribution in [3.8, 4) is 11.5 Å². The largest absolute Gasteiger partial charge is 0.508 e. The third kappa shape index (κ3) is 4.63. The fraction of sp³-hybridized carbons (Fsp3) is 0.176. The Kier molecular flexibility index (Phi) is 5.14. The third-order valence-corrected chi connectivity index (χ3v) is 2.95. The number of nitrogens with one attached hydrogen (secondary N) is 1. The molecule has 2 N–H and O–H groups in total. The summed E-state index contributed by atoms with van der Waals surface area (Å²) in [5, 5.41) is 13.0.